The van der Waals surface area contributed by atoms with Crippen molar-refractivity contribution in [1.82, 2.24) is 0 Å². The number of hydrogen-bond acceptors (Lipinski definition) is 2. The summed E-state index contributed by atoms with van der Waals surface area (Å²) in [6.45, 7) is 0.684. The average Bonchev–Trinajstić information content (AvgIpc) is 2.38. The van der Waals surface area contributed by atoms with E-state index in [-0.39, 0.29) is 12.4 Å². The standard InChI is InChI=1S/C14H13NO2.ClH/c16-14(17)12-7-4-8-13(9-12)15-10-11-5-2-1-3-6-11;/h1-9,15H,10H2,(H,16,17);1H. The number of carbonyl (C=O) groups is 1. The number of benzene rings is 2. The minimum Gasteiger partial charge on any atom is -0.478 e. The van der Waals surface area contributed by atoms with Gasteiger partial charge in [0.1, 0.15) is 0 Å². The monoisotopic (exact) mass is 263 g/mol. The van der Waals surface area contributed by atoms with Crippen LogP contribution >= 0.6 is 12.4 Å². The molecule has 2 aromatic carbocycles. The van der Waals surface area contributed by atoms with E-state index in [1.54, 1.807) is 18.2 Å². The van der Waals surface area contributed by atoms with Crippen LogP contribution in [0.4, 0.5) is 5.69 Å². The predicted octanol–water partition coefficient (Wildman–Crippen LogP) is 3.42. The largest absolute Gasteiger partial charge is 0.478 e. The summed E-state index contributed by atoms with van der Waals surface area (Å²) >= 11 is 0. The van der Waals surface area contributed by atoms with Gasteiger partial charge in [-0.2, -0.15) is 0 Å². The van der Waals surface area contributed by atoms with Crippen LogP contribution in [0.25, 0.3) is 0 Å². The second kappa shape index (κ2) is 6.67. The Bertz CT molecular complexity index is 514. The van der Waals surface area contributed by atoms with Gasteiger partial charge in [0, 0.05) is 12.2 Å². The van der Waals surface area contributed by atoms with Crippen molar-refractivity contribution < 1.29 is 9.90 Å². The van der Waals surface area contributed by atoms with Crippen LogP contribution in [0.2, 0.25) is 0 Å². The van der Waals surface area contributed by atoms with E-state index in [2.05, 4.69) is 5.32 Å². The molecule has 0 aromatic heterocycles. The van der Waals surface area contributed by atoms with Gasteiger partial charge in [0.2, 0.25) is 0 Å². The highest BCUT2D eigenvalue weighted by atomic mass is 35.5. The fourth-order valence-electron chi connectivity index (χ4n) is 1.56. The fourth-order valence-corrected chi connectivity index (χ4v) is 1.56. The molecular formula is C14H14ClNO2. The number of hydrogen-bond donors (Lipinski definition) is 2. The van der Waals surface area contributed by atoms with Crippen LogP contribution in [0.1, 0.15) is 15.9 Å². The third-order valence-electron chi connectivity index (χ3n) is 2.45. The molecule has 0 unspecified atom stereocenters. The van der Waals surface area contributed by atoms with Gasteiger partial charge >= 0.3 is 5.97 Å². The highest BCUT2D eigenvalue weighted by Crippen LogP contribution is 2.12. The summed E-state index contributed by atoms with van der Waals surface area (Å²) in [6, 6.07) is 16.8. The van der Waals surface area contributed by atoms with Crippen molar-refractivity contribution in [2.45, 2.75) is 6.54 Å². The maximum atomic E-state index is 10.8. The Morgan fingerprint density at radius 1 is 1.06 bits per heavy atom. The van der Waals surface area contributed by atoms with Gasteiger partial charge in [0.05, 0.1) is 5.56 Å². The van der Waals surface area contributed by atoms with E-state index in [1.807, 2.05) is 36.4 Å². The maximum Gasteiger partial charge on any atom is 0.335 e. The van der Waals surface area contributed by atoms with Gasteiger partial charge in [-0.25, -0.2) is 4.79 Å². The number of carboxylic acid groups (broad SMARTS) is 1. The Kier molecular flexibility index (Phi) is 5.21. The van der Waals surface area contributed by atoms with E-state index in [0.29, 0.717) is 12.1 Å². The van der Waals surface area contributed by atoms with E-state index in [9.17, 15) is 4.79 Å². The van der Waals surface area contributed by atoms with E-state index in [1.165, 1.54) is 0 Å². The second-order valence-corrected chi connectivity index (χ2v) is 3.73. The highest BCUT2D eigenvalue weighted by Gasteiger charge is 2.02. The second-order valence-electron chi connectivity index (χ2n) is 3.73. The number of nitrogens with one attached hydrogen (secondary N) is 1. The highest BCUT2D eigenvalue weighted by molar-refractivity contribution is 5.88. The average molecular weight is 264 g/mol. The van der Waals surface area contributed by atoms with Crippen molar-refractivity contribution in [2.75, 3.05) is 5.32 Å². The molecule has 0 aliphatic heterocycles. The smallest absolute Gasteiger partial charge is 0.335 e. The lowest BCUT2D eigenvalue weighted by molar-refractivity contribution is 0.0697. The fraction of sp³-hybridized carbons (Fsp3) is 0.0714. The van der Waals surface area contributed by atoms with Crippen molar-refractivity contribution in [3.63, 3.8) is 0 Å². The zero-order valence-corrected chi connectivity index (χ0v) is 10.5. The summed E-state index contributed by atoms with van der Waals surface area (Å²) < 4.78 is 0. The van der Waals surface area contributed by atoms with Crippen LogP contribution in [-0.2, 0) is 6.54 Å². The summed E-state index contributed by atoms with van der Waals surface area (Å²) in [5.74, 6) is -0.909. The first kappa shape index (κ1) is 14.1. The van der Waals surface area contributed by atoms with Crippen LogP contribution in [0, 0.1) is 0 Å². The van der Waals surface area contributed by atoms with Crippen molar-refractivity contribution >= 4 is 24.1 Å². The molecule has 0 radical (unpaired) electrons. The van der Waals surface area contributed by atoms with Gasteiger partial charge in [-0.15, -0.1) is 12.4 Å². The molecule has 0 spiro atoms. The molecule has 3 nitrogen and oxygen atoms in total. The molecule has 0 bridgehead atoms. The molecule has 0 atom stereocenters. The van der Waals surface area contributed by atoms with Crippen molar-refractivity contribution in [3.8, 4) is 0 Å². The normalized spacial score (nSPS) is 9.33. The molecule has 18 heavy (non-hydrogen) atoms. The van der Waals surface area contributed by atoms with E-state index in [0.717, 1.165) is 11.3 Å². The summed E-state index contributed by atoms with van der Waals surface area (Å²) in [5.41, 5.74) is 2.27. The molecule has 0 fully saturated rings. The minimum atomic E-state index is -0.909. The Balaban J connectivity index is 0.00000162. The van der Waals surface area contributed by atoms with E-state index < -0.39 is 5.97 Å². The molecular weight excluding hydrogens is 250 g/mol. The molecule has 0 heterocycles. The summed E-state index contributed by atoms with van der Waals surface area (Å²) in [7, 11) is 0. The number of carboxylic acids is 1. The van der Waals surface area contributed by atoms with Crippen molar-refractivity contribution in [3.05, 3.63) is 65.7 Å². The lowest BCUT2D eigenvalue weighted by Crippen LogP contribution is -2.01. The van der Waals surface area contributed by atoms with Gasteiger partial charge in [0.25, 0.3) is 0 Å². The topological polar surface area (TPSA) is 49.3 Å². The van der Waals surface area contributed by atoms with Gasteiger partial charge in [-0.3, -0.25) is 0 Å². The predicted molar refractivity (Wildman–Crippen MR) is 74.4 cm³/mol. The van der Waals surface area contributed by atoms with Crippen LogP contribution in [0.5, 0.6) is 0 Å². The zero-order valence-electron chi connectivity index (χ0n) is 9.67. The molecule has 2 aromatic rings. The molecule has 0 saturated heterocycles. The van der Waals surface area contributed by atoms with Crippen LogP contribution in [0.3, 0.4) is 0 Å². The zero-order chi connectivity index (χ0) is 12.1. The number of anilines is 1. The van der Waals surface area contributed by atoms with E-state index in [4.69, 9.17) is 5.11 Å². The molecule has 0 amide bonds. The molecule has 4 heteroatoms. The minimum absolute atomic E-state index is 0. The van der Waals surface area contributed by atoms with Crippen LogP contribution < -0.4 is 5.32 Å². The first-order valence-electron chi connectivity index (χ1n) is 5.37. The number of aromatic carboxylic acids is 1. The Hall–Kier alpha value is -2.00. The lowest BCUT2D eigenvalue weighted by atomic mass is 10.2. The third kappa shape index (κ3) is 3.79. The molecule has 2 N–H and O–H groups in total. The van der Waals surface area contributed by atoms with Crippen molar-refractivity contribution in [1.29, 1.82) is 0 Å². The molecule has 2 rings (SSSR count). The molecule has 94 valence electrons. The van der Waals surface area contributed by atoms with Gasteiger partial charge < -0.3 is 10.4 Å². The number of halogens is 1. The summed E-state index contributed by atoms with van der Waals surface area (Å²) in [6.07, 6.45) is 0. The number of rotatable bonds is 4. The SMILES string of the molecule is Cl.O=C(O)c1cccc(NCc2ccccc2)c1. The Morgan fingerprint density at radius 2 is 1.78 bits per heavy atom. The van der Waals surface area contributed by atoms with E-state index >= 15 is 0 Å². The van der Waals surface area contributed by atoms with Gasteiger partial charge in [0.15, 0.2) is 0 Å². The van der Waals surface area contributed by atoms with Gasteiger partial charge in [-0.05, 0) is 23.8 Å². The van der Waals surface area contributed by atoms with Crippen LogP contribution in [0.15, 0.2) is 54.6 Å². The maximum absolute atomic E-state index is 10.8. The lowest BCUT2D eigenvalue weighted by Gasteiger charge is -2.07. The van der Waals surface area contributed by atoms with Crippen molar-refractivity contribution in [2.24, 2.45) is 0 Å². The molecule has 0 aliphatic rings. The quantitative estimate of drug-likeness (QED) is 0.889. The van der Waals surface area contributed by atoms with Gasteiger partial charge in [-0.1, -0.05) is 36.4 Å². The summed E-state index contributed by atoms with van der Waals surface area (Å²) in [4.78, 5) is 10.8. The first-order valence-corrected chi connectivity index (χ1v) is 5.37. The Labute approximate surface area is 112 Å². The summed E-state index contributed by atoms with van der Waals surface area (Å²) in [5, 5.41) is 12.1. The molecule has 0 saturated carbocycles. The first-order chi connectivity index (χ1) is 8.25. The Morgan fingerprint density at radius 3 is 2.44 bits per heavy atom. The van der Waals surface area contributed by atoms with Crippen LogP contribution in [-0.4, -0.2) is 11.1 Å². The molecule has 0 aliphatic carbocycles. The third-order valence-corrected chi connectivity index (χ3v) is 2.45.